The van der Waals surface area contributed by atoms with Gasteiger partial charge >= 0.3 is 5.97 Å². The van der Waals surface area contributed by atoms with Crippen LogP contribution in [-0.2, 0) is 4.79 Å². The summed E-state index contributed by atoms with van der Waals surface area (Å²) in [4.78, 5) is 13.1. The van der Waals surface area contributed by atoms with Crippen molar-refractivity contribution >= 4 is 17.3 Å². The fourth-order valence-corrected chi connectivity index (χ4v) is 3.18. The van der Waals surface area contributed by atoms with Crippen LogP contribution in [0.15, 0.2) is 23.9 Å². The highest BCUT2D eigenvalue weighted by Gasteiger charge is 2.33. The van der Waals surface area contributed by atoms with Crippen LogP contribution in [0.25, 0.3) is 0 Å². The summed E-state index contributed by atoms with van der Waals surface area (Å²) in [6.45, 7) is 1.91. The molecular weight excluding hydrogens is 331 g/mol. The maximum absolute atomic E-state index is 14.7. The number of hydrogen-bond acceptors (Lipinski definition) is 6. The SMILES string of the molecule is CNN1C=C(C(=O)O)C(O)c2cc(F)c(N3CC[N+](C)(O)CC3)cc21. The predicted octanol–water partition coefficient (Wildman–Crippen LogP) is 0.438. The Balaban J connectivity index is 1.99. The van der Waals surface area contributed by atoms with E-state index >= 15 is 0 Å². The number of nitrogens with zero attached hydrogens (tertiary/aromatic N) is 3. The first kappa shape index (κ1) is 17.6. The van der Waals surface area contributed by atoms with Gasteiger partial charge in [-0.05, 0) is 12.1 Å². The molecule has 1 atom stereocenters. The molecule has 2 aliphatic heterocycles. The van der Waals surface area contributed by atoms with Crippen molar-refractivity contribution in [3.8, 4) is 0 Å². The number of carboxylic acid groups (broad SMARTS) is 1. The Morgan fingerprint density at radius 3 is 2.52 bits per heavy atom. The number of piperazine rings is 1. The molecule has 0 aromatic heterocycles. The molecule has 0 amide bonds. The first-order chi connectivity index (χ1) is 11.7. The third-order valence-corrected chi connectivity index (χ3v) is 4.74. The smallest absolute Gasteiger partial charge is 0.336 e. The van der Waals surface area contributed by atoms with Gasteiger partial charge in [0.05, 0.1) is 37.1 Å². The summed E-state index contributed by atoms with van der Waals surface area (Å²) in [5.74, 6) is -1.80. The van der Waals surface area contributed by atoms with Crippen molar-refractivity contribution in [1.29, 1.82) is 0 Å². The zero-order valence-electron chi connectivity index (χ0n) is 14.1. The predicted molar refractivity (Wildman–Crippen MR) is 88.5 cm³/mol. The number of hydrazine groups is 1. The van der Waals surface area contributed by atoms with E-state index in [4.69, 9.17) is 0 Å². The summed E-state index contributed by atoms with van der Waals surface area (Å²) < 4.78 is 14.6. The molecule has 0 radical (unpaired) electrons. The van der Waals surface area contributed by atoms with Gasteiger partial charge in [0.1, 0.15) is 25.0 Å². The Morgan fingerprint density at radius 1 is 1.32 bits per heavy atom. The number of hydroxylamine groups is 3. The maximum Gasteiger partial charge on any atom is 0.336 e. The molecule has 1 saturated heterocycles. The van der Waals surface area contributed by atoms with Crippen molar-refractivity contribution in [3.05, 3.63) is 35.3 Å². The molecule has 0 saturated carbocycles. The van der Waals surface area contributed by atoms with Crippen molar-refractivity contribution in [2.75, 3.05) is 50.2 Å². The van der Waals surface area contributed by atoms with Gasteiger partial charge in [-0.1, -0.05) is 0 Å². The second-order valence-corrected chi connectivity index (χ2v) is 6.52. The summed E-state index contributed by atoms with van der Waals surface area (Å²) in [5.41, 5.74) is 3.63. The Bertz CT molecular complexity index is 727. The van der Waals surface area contributed by atoms with Crippen LogP contribution >= 0.6 is 0 Å². The second kappa shape index (κ2) is 6.26. The Morgan fingerprint density at radius 2 is 1.96 bits per heavy atom. The quantitative estimate of drug-likeness (QED) is 0.586. The number of hydrogen-bond donors (Lipinski definition) is 4. The van der Waals surface area contributed by atoms with E-state index in [0.29, 0.717) is 37.6 Å². The molecule has 2 aliphatic rings. The van der Waals surface area contributed by atoms with Gasteiger partial charge in [0.15, 0.2) is 0 Å². The number of aliphatic hydroxyl groups is 1. The maximum atomic E-state index is 14.7. The lowest BCUT2D eigenvalue weighted by Crippen LogP contribution is -2.55. The van der Waals surface area contributed by atoms with Crippen molar-refractivity contribution in [2.24, 2.45) is 0 Å². The number of anilines is 2. The van der Waals surface area contributed by atoms with Gasteiger partial charge < -0.3 is 15.1 Å². The number of quaternary nitrogens is 1. The number of benzene rings is 1. The number of carboxylic acids is 1. The molecule has 1 unspecified atom stereocenters. The fraction of sp³-hybridized carbons (Fsp3) is 0.438. The molecule has 1 fully saturated rings. The number of nitrogens with one attached hydrogen (secondary N) is 1. The van der Waals surface area contributed by atoms with Gasteiger partial charge in [-0.3, -0.25) is 5.01 Å². The third kappa shape index (κ3) is 3.19. The molecule has 4 N–H and O–H groups in total. The van der Waals surface area contributed by atoms with Crippen LogP contribution in [0.3, 0.4) is 0 Å². The minimum Gasteiger partial charge on any atom is -0.478 e. The molecule has 1 aromatic rings. The highest BCUT2D eigenvalue weighted by molar-refractivity contribution is 5.90. The van der Waals surface area contributed by atoms with Crippen molar-refractivity contribution in [3.63, 3.8) is 0 Å². The summed E-state index contributed by atoms with van der Waals surface area (Å²) >= 11 is 0. The lowest BCUT2D eigenvalue weighted by atomic mass is 9.96. The summed E-state index contributed by atoms with van der Waals surface area (Å²) in [7, 11) is 3.31. The summed E-state index contributed by atoms with van der Waals surface area (Å²) in [6, 6.07) is 2.77. The van der Waals surface area contributed by atoms with Crippen LogP contribution in [0.1, 0.15) is 11.7 Å². The lowest BCUT2D eigenvalue weighted by Gasteiger charge is -2.38. The van der Waals surface area contributed by atoms with Gasteiger partial charge in [-0.15, -0.1) is 0 Å². The van der Waals surface area contributed by atoms with Crippen LogP contribution in [0.5, 0.6) is 0 Å². The standard InChI is InChI=1S/C16H21FN4O4/c1-18-20-9-11(16(23)24)15(22)10-7-12(17)14(8-13(10)20)19-3-5-21(2,25)6-4-19/h7-9,15,18,22,25H,3-6H2,1-2H3/p+1. The molecule has 0 bridgehead atoms. The van der Waals surface area contributed by atoms with E-state index in [2.05, 4.69) is 5.43 Å². The molecule has 136 valence electrons. The summed E-state index contributed by atoms with van der Waals surface area (Å²) in [6.07, 6.45) is -0.117. The zero-order chi connectivity index (χ0) is 18.4. The van der Waals surface area contributed by atoms with E-state index in [1.807, 2.05) is 4.90 Å². The molecule has 2 heterocycles. The van der Waals surface area contributed by atoms with Crippen LogP contribution in [0.4, 0.5) is 15.8 Å². The van der Waals surface area contributed by atoms with Gasteiger partial charge in [0.2, 0.25) is 0 Å². The van der Waals surface area contributed by atoms with Crippen molar-refractivity contribution < 1.29 is 29.3 Å². The van der Waals surface area contributed by atoms with E-state index in [0.717, 1.165) is 0 Å². The largest absolute Gasteiger partial charge is 0.478 e. The van der Waals surface area contributed by atoms with E-state index in [1.165, 1.54) is 17.3 Å². The first-order valence-electron chi connectivity index (χ1n) is 7.99. The van der Waals surface area contributed by atoms with Crippen LogP contribution in [0.2, 0.25) is 0 Å². The van der Waals surface area contributed by atoms with E-state index in [1.54, 1.807) is 20.2 Å². The third-order valence-electron chi connectivity index (χ3n) is 4.74. The molecule has 1 aromatic carbocycles. The highest BCUT2D eigenvalue weighted by Crippen LogP contribution is 2.39. The van der Waals surface area contributed by atoms with Crippen LogP contribution < -0.4 is 15.3 Å². The number of likely N-dealkylation sites (N-methyl/N-ethyl adjacent to an activating group) is 1. The Hall–Kier alpha value is -2.20. The average Bonchev–Trinajstić information content (AvgIpc) is 2.55. The monoisotopic (exact) mass is 353 g/mol. The minimum absolute atomic E-state index is 0.102. The van der Waals surface area contributed by atoms with Gasteiger partial charge in [-0.25, -0.2) is 19.8 Å². The van der Waals surface area contributed by atoms with Gasteiger partial charge in [-0.2, -0.15) is 4.65 Å². The van der Waals surface area contributed by atoms with Crippen LogP contribution in [0, 0.1) is 5.82 Å². The Kier molecular flexibility index (Phi) is 4.41. The molecule has 0 aliphatic carbocycles. The van der Waals surface area contributed by atoms with Crippen molar-refractivity contribution in [1.82, 2.24) is 5.43 Å². The first-order valence-corrected chi connectivity index (χ1v) is 7.99. The van der Waals surface area contributed by atoms with Gasteiger partial charge in [0.25, 0.3) is 0 Å². The second-order valence-electron chi connectivity index (χ2n) is 6.52. The lowest BCUT2D eigenvalue weighted by molar-refractivity contribution is -1.09. The topological polar surface area (TPSA) is 96.3 Å². The number of rotatable bonds is 3. The molecule has 25 heavy (non-hydrogen) atoms. The van der Waals surface area contributed by atoms with Crippen molar-refractivity contribution in [2.45, 2.75) is 6.10 Å². The highest BCUT2D eigenvalue weighted by atomic mass is 19.1. The zero-order valence-corrected chi connectivity index (χ0v) is 14.1. The summed E-state index contributed by atoms with van der Waals surface area (Å²) in [5, 5.41) is 30.9. The minimum atomic E-state index is -1.40. The fourth-order valence-electron chi connectivity index (χ4n) is 3.18. The average molecular weight is 353 g/mol. The normalized spacial score (nSPS) is 22.4. The number of fused-ring (bicyclic) bond motifs is 1. The molecule has 9 heteroatoms. The molecular formula is C16H22FN4O4+. The number of carbonyl (C=O) groups is 1. The number of halogens is 1. The number of aliphatic carboxylic acids is 1. The van der Waals surface area contributed by atoms with E-state index in [-0.39, 0.29) is 15.8 Å². The van der Waals surface area contributed by atoms with Gasteiger partial charge in [0, 0.05) is 18.8 Å². The van der Waals surface area contributed by atoms with E-state index < -0.39 is 17.9 Å². The number of aliphatic hydroxyl groups excluding tert-OH is 1. The Labute approximate surface area is 144 Å². The molecule has 0 spiro atoms. The van der Waals surface area contributed by atoms with E-state index in [9.17, 15) is 24.6 Å². The molecule has 3 rings (SSSR count). The van der Waals surface area contributed by atoms with Crippen LogP contribution in [-0.4, -0.2) is 66.3 Å². The molecule has 8 nitrogen and oxygen atoms in total.